The molecule has 0 saturated carbocycles. The molecule has 1 saturated heterocycles. The van der Waals surface area contributed by atoms with Gasteiger partial charge in [-0.25, -0.2) is 0 Å². The molecular weight excluding hydrogens is 456 g/mol. The Morgan fingerprint density at radius 2 is 1.92 bits per heavy atom. The summed E-state index contributed by atoms with van der Waals surface area (Å²) in [6.07, 6.45) is 7.65. The van der Waals surface area contributed by atoms with E-state index in [1.807, 2.05) is 42.2 Å². The molecule has 8 heteroatoms. The Kier molecular flexibility index (Phi) is 8.92. The van der Waals surface area contributed by atoms with Gasteiger partial charge < -0.3 is 20.3 Å². The molecule has 2 N–H and O–H groups in total. The minimum Gasteiger partial charge on any atom is -0.494 e. The maximum absolute atomic E-state index is 13.1. The van der Waals surface area contributed by atoms with Crippen LogP contribution in [0.5, 0.6) is 5.75 Å². The number of benzene rings is 1. The minimum absolute atomic E-state index is 0.00199. The maximum Gasteiger partial charge on any atom is 0.242 e. The van der Waals surface area contributed by atoms with Gasteiger partial charge in [-0.3, -0.25) is 19.4 Å². The second-order valence-electron chi connectivity index (χ2n) is 9.81. The number of piperidine rings is 1. The SMILES string of the molecule is Cc1ccc2cc1CNC(=O)C(CCc1ccncc1)NC(=O)CCC(=O)N1CCCC(CCO2)C1. The number of amides is 3. The number of aryl methyl sites for hydroxylation is 2. The molecule has 1 aromatic carbocycles. The average molecular weight is 493 g/mol. The largest absolute Gasteiger partial charge is 0.494 e. The summed E-state index contributed by atoms with van der Waals surface area (Å²) in [7, 11) is 0. The number of pyridine rings is 1. The van der Waals surface area contributed by atoms with Crippen LogP contribution in [0.3, 0.4) is 0 Å². The van der Waals surface area contributed by atoms with Crippen molar-refractivity contribution in [1.29, 1.82) is 0 Å². The van der Waals surface area contributed by atoms with Crippen molar-refractivity contribution in [1.82, 2.24) is 20.5 Å². The molecule has 8 nitrogen and oxygen atoms in total. The van der Waals surface area contributed by atoms with Crippen molar-refractivity contribution in [2.24, 2.45) is 5.92 Å². The van der Waals surface area contributed by atoms with Crippen molar-refractivity contribution >= 4 is 17.7 Å². The molecule has 0 spiro atoms. The highest BCUT2D eigenvalue weighted by Gasteiger charge is 2.25. The van der Waals surface area contributed by atoms with Gasteiger partial charge in [0.25, 0.3) is 0 Å². The number of carbonyl (C=O) groups is 3. The van der Waals surface area contributed by atoms with E-state index in [1.165, 1.54) is 0 Å². The van der Waals surface area contributed by atoms with Gasteiger partial charge >= 0.3 is 0 Å². The van der Waals surface area contributed by atoms with Crippen LogP contribution in [0.2, 0.25) is 0 Å². The zero-order valence-corrected chi connectivity index (χ0v) is 21.0. The van der Waals surface area contributed by atoms with Gasteiger partial charge in [0.1, 0.15) is 11.8 Å². The first kappa shape index (κ1) is 25.7. The molecule has 0 aliphatic carbocycles. The number of carbonyl (C=O) groups excluding carboxylic acids is 3. The molecule has 1 aromatic heterocycles. The normalized spacial score (nSPS) is 22.0. The highest BCUT2D eigenvalue weighted by Crippen LogP contribution is 2.23. The summed E-state index contributed by atoms with van der Waals surface area (Å²) in [6.45, 7) is 4.38. The fourth-order valence-corrected chi connectivity index (χ4v) is 4.88. The zero-order valence-electron chi connectivity index (χ0n) is 21.0. The summed E-state index contributed by atoms with van der Waals surface area (Å²) in [4.78, 5) is 44.6. The number of ether oxygens (including phenoxy) is 1. The predicted molar refractivity (Wildman–Crippen MR) is 136 cm³/mol. The van der Waals surface area contributed by atoms with E-state index in [1.54, 1.807) is 12.4 Å². The summed E-state index contributed by atoms with van der Waals surface area (Å²) in [5.41, 5.74) is 3.09. The lowest BCUT2D eigenvalue weighted by Gasteiger charge is -2.33. The Bertz CT molecular complexity index is 1060. The lowest BCUT2D eigenvalue weighted by atomic mass is 9.95. The fraction of sp³-hybridized carbons (Fsp3) is 0.500. The first-order valence-corrected chi connectivity index (χ1v) is 12.9. The summed E-state index contributed by atoms with van der Waals surface area (Å²) in [5.74, 6) is 0.654. The van der Waals surface area contributed by atoms with E-state index in [4.69, 9.17) is 4.74 Å². The van der Waals surface area contributed by atoms with Crippen LogP contribution in [0.15, 0.2) is 42.7 Å². The number of rotatable bonds is 3. The lowest BCUT2D eigenvalue weighted by molar-refractivity contribution is -0.135. The number of nitrogens with one attached hydrogen (secondary N) is 2. The summed E-state index contributed by atoms with van der Waals surface area (Å²) < 4.78 is 6.04. The Morgan fingerprint density at radius 3 is 2.75 bits per heavy atom. The van der Waals surface area contributed by atoms with Crippen molar-refractivity contribution in [2.75, 3.05) is 19.7 Å². The molecule has 0 radical (unpaired) electrons. The van der Waals surface area contributed by atoms with Gasteiger partial charge in [0.2, 0.25) is 17.7 Å². The molecule has 192 valence electrons. The van der Waals surface area contributed by atoms with Gasteiger partial charge in [-0.2, -0.15) is 0 Å². The Morgan fingerprint density at radius 1 is 1.08 bits per heavy atom. The van der Waals surface area contributed by atoms with Gasteiger partial charge in [0.05, 0.1) is 6.61 Å². The number of fused-ring (bicyclic) bond motifs is 4. The molecule has 4 rings (SSSR count). The number of aromatic nitrogens is 1. The second-order valence-corrected chi connectivity index (χ2v) is 9.81. The van der Waals surface area contributed by atoms with Gasteiger partial charge in [-0.1, -0.05) is 6.07 Å². The standard InChI is InChI=1S/C28H36N4O4/c1-20-4-6-24-17-23(20)18-30-28(35)25(7-5-21-10-13-29-14-11-21)31-26(33)8-9-27(34)32-15-2-3-22(19-32)12-16-36-24/h4,6,10-11,13-14,17,22,25H,2-3,5,7-9,12,15-16,18-19H2,1H3,(H,30,35)(H,31,33). The van der Waals surface area contributed by atoms with E-state index >= 15 is 0 Å². The topological polar surface area (TPSA) is 101 Å². The van der Waals surface area contributed by atoms with Crippen LogP contribution in [0.4, 0.5) is 0 Å². The molecule has 2 aliphatic heterocycles. The molecule has 2 aromatic rings. The summed E-state index contributed by atoms with van der Waals surface area (Å²) in [6, 6.07) is 9.03. The number of nitrogens with zero attached hydrogens (tertiary/aromatic N) is 2. The summed E-state index contributed by atoms with van der Waals surface area (Å²) in [5, 5.41) is 5.86. The van der Waals surface area contributed by atoms with E-state index in [0.717, 1.165) is 48.2 Å². The molecule has 2 atom stereocenters. The van der Waals surface area contributed by atoms with Gasteiger partial charge in [-0.15, -0.1) is 0 Å². The van der Waals surface area contributed by atoms with Crippen molar-refractivity contribution < 1.29 is 19.1 Å². The quantitative estimate of drug-likeness (QED) is 0.686. The lowest BCUT2D eigenvalue weighted by Crippen LogP contribution is -2.47. The predicted octanol–water partition coefficient (Wildman–Crippen LogP) is 2.93. The molecule has 36 heavy (non-hydrogen) atoms. The van der Waals surface area contributed by atoms with Crippen molar-refractivity contribution in [2.45, 2.75) is 64.5 Å². The minimum atomic E-state index is -0.696. The van der Waals surface area contributed by atoms with Crippen LogP contribution in [0, 0.1) is 12.8 Å². The number of hydrogen-bond donors (Lipinski definition) is 2. The van der Waals surface area contributed by atoms with E-state index < -0.39 is 6.04 Å². The van der Waals surface area contributed by atoms with Crippen molar-refractivity contribution in [3.8, 4) is 5.75 Å². The molecule has 1 fully saturated rings. The number of hydrogen-bond acceptors (Lipinski definition) is 5. The first-order chi connectivity index (χ1) is 17.5. The van der Waals surface area contributed by atoms with Crippen LogP contribution in [-0.2, 0) is 27.3 Å². The third-order valence-corrected chi connectivity index (χ3v) is 7.13. The second kappa shape index (κ2) is 12.5. The summed E-state index contributed by atoms with van der Waals surface area (Å²) >= 11 is 0. The Hall–Kier alpha value is -3.42. The first-order valence-electron chi connectivity index (χ1n) is 12.9. The highest BCUT2D eigenvalue weighted by atomic mass is 16.5. The van der Waals surface area contributed by atoms with E-state index in [0.29, 0.717) is 38.5 Å². The fourth-order valence-electron chi connectivity index (χ4n) is 4.88. The Balaban J connectivity index is 1.50. The Labute approximate surface area is 212 Å². The van der Waals surface area contributed by atoms with Crippen LogP contribution >= 0.6 is 0 Å². The van der Waals surface area contributed by atoms with Gasteiger partial charge in [-0.05, 0) is 85.9 Å². The molecule has 3 amide bonds. The van der Waals surface area contributed by atoms with E-state index in [2.05, 4.69) is 15.6 Å². The van der Waals surface area contributed by atoms with Gasteiger partial charge in [0.15, 0.2) is 0 Å². The zero-order chi connectivity index (χ0) is 25.3. The molecule has 2 unspecified atom stereocenters. The van der Waals surface area contributed by atoms with E-state index in [9.17, 15) is 14.4 Å². The highest BCUT2D eigenvalue weighted by molar-refractivity contribution is 5.89. The van der Waals surface area contributed by atoms with Crippen LogP contribution in [0.25, 0.3) is 0 Å². The van der Waals surface area contributed by atoms with Crippen LogP contribution < -0.4 is 15.4 Å². The van der Waals surface area contributed by atoms with Crippen molar-refractivity contribution in [3.63, 3.8) is 0 Å². The van der Waals surface area contributed by atoms with Crippen LogP contribution in [0.1, 0.15) is 55.2 Å². The third-order valence-electron chi connectivity index (χ3n) is 7.13. The molecular formula is C28H36N4O4. The van der Waals surface area contributed by atoms with Crippen molar-refractivity contribution in [3.05, 3.63) is 59.4 Å². The molecule has 4 bridgehead atoms. The average Bonchev–Trinajstić information content (AvgIpc) is 2.90. The maximum atomic E-state index is 13.1. The monoisotopic (exact) mass is 492 g/mol. The molecule has 3 heterocycles. The van der Waals surface area contributed by atoms with Crippen LogP contribution in [-0.4, -0.2) is 53.3 Å². The molecule has 2 aliphatic rings. The smallest absolute Gasteiger partial charge is 0.242 e. The third kappa shape index (κ3) is 7.29. The van der Waals surface area contributed by atoms with Gasteiger partial charge in [0, 0.05) is 44.9 Å². The van der Waals surface area contributed by atoms with E-state index in [-0.39, 0.29) is 30.6 Å².